The first-order chi connectivity index (χ1) is 14.0. The summed E-state index contributed by atoms with van der Waals surface area (Å²) in [4.78, 5) is 24.0. The first-order valence-corrected chi connectivity index (χ1v) is 9.85. The summed E-state index contributed by atoms with van der Waals surface area (Å²) in [6.45, 7) is 3.87. The summed E-state index contributed by atoms with van der Waals surface area (Å²) < 4.78 is 17.7. The Morgan fingerprint density at radius 2 is 1.83 bits per heavy atom. The van der Waals surface area contributed by atoms with E-state index in [1.54, 1.807) is 22.9 Å². The number of pyridine rings is 2. The van der Waals surface area contributed by atoms with Crippen LogP contribution in [0.4, 0.5) is 4.39 Å². The summed E-state index contributed by atoms with van der Waals surface area (Å²) in [5, 5.41) is 0. The number of piperidine rings is 1. The molecule has 0 amide bonds. The lowest BCUT2D eigenvalue weighted by Gasteiger charge is -2.28. The van der Waals surface area contributed by atoms with E-state index in [1.165, 1.54) is 10.5 Å². The summed E-state index contributed by atoms with van der Waals surface area (Å²) in [6.07, 6.45) is 7.37. The molecule has 4 aromatic rings. The second-order valence-corrected chi connectivity index (χ2v) is 7.93. The van der Waals surface area contributed by atoms with Gasteiger partial charge in [-0.25, -0.2) is 14.4 Å². The minimum absolute atomic E-state index is 0.106. The van der Waals surface area contributed by atoms with Crippen LogP contribution >= 0.6 is 0 Å². The molecule has 0 spiro atoms. The molecule has 0 aromatic carbocycles. The predicted molar refractivity (Wildman–Crippen MR) is 110 cm³/mol. The van der Waals surface area contributed by atoms with Crippen molar-refractivity contribution >= 4 is 11.3 Å². The topological polar surface area (TPSA) is 54.9 Å². The van der Waals surface area contributed by atoms with Gasteiger partial charge in [-0.15, -0.1) is 0 Å². The van der Waals surface area contributed by atoms with Crippen LogP contribution in [0.2, 0.25) is 0 Å². The van der Waals surface area contributed by atoms with Crippen molar-refractivity contribution in [3.63, 3.8) is 0 Å². The number of likely N-dealkylation sites (tertiary alicyclic amines) is 1. The fourth-order valence-electron chi connectivity index (χ4n) is 4.14. The molecule has 148 valence electrons. The fourth-order valence-corrected chi connectivity index (χ4v) is 4.14. The number of aryl methyl sites for hydroxylation is 1. The number of halogens is 1. The third-order valence-corrected chi connectivity index (χ3v) is 5.78. The van der Waals surface area contributed by atoms with Crippen molar-refractivity contribution in [1.29, 1.82) is 0 Å². The van der Waals surface area contributed by atoms with Gasteiger partial charge in [-0.1, -0.05) is 0 Å². The molecule has 0 saturated carbocycles. The fraction of sp³-hybridized carbons (Fsp3) is 0.318. The van der Waals surface area contributed by atoms with Gasteiger partial charge >= 0.3 is 0 Å². The Labute approximate surface area is 167 Å². The molecule has 0 aliphatic carbocycles. The van der Waals surface area contributed by atoms with Crippen LogP contribution in [0, 0.1) is 12.7 Å². The largest absolute Gasteiger partial charge is 0.306 e. The third kappa shape index (κ3) is 3.21. The molecular weight excluding hydrogens is 369 g/mol. The van der Waals surface area contributed by atoms with E-state index in [1.807, 2.05) is 25.3 Å². The number of hydrogen-bond donors (Lipinski definition) is 0. The van der Waals surface area contributed by atoms with E-state index in [-0.39, 0.29) is 5.56 Å². The lowest BCUT2D eigenvalue weighted by Crippen LogP contribution is -2.30. The molecule has 4 aromatic heterocycles. The lowest BCUT2D eigenvalue weighted by molar-refractivity contribution is 0.253. The maximum absolute atomic E-state index is 14.5. The van der Waals surface area contributed by atoms with Gasteiger partial charge in [0, 0.05) is 41.7 Å². The van der Waals surface area contributed by atoms with E-state index in [9.17, 15) is 9.18 Å². The highest BCUT2D eigenvalue weighted by atomic mass is 19.1. The number of fused-ring (bicyclic) bond motifs is 2. The van der Waals surface area contributed by atoms with Crippen molar-refractivity contribution in [3.8, 4) is 11.1 Å². The van der Waals surface area contributed by atoms with Crippen LogP contribution in [-0.2, 0) is 0 Å². The smallest absolute Gasteiger partial charge is 0.258 e. The molecule has 1 aliphatic rings. The molecule has 0 N–H and O–H groups in total. The van der Waals surface area contributed by atoms with E-state index in [4.69, 9.17) is 4.98 Å². The van der Waals surface area contributed by atoms with E-state index < -0.39 is 5.82 Å². The Kier molecular flexibility index (Phi) is 4.20. The maximum Gasteiger partial charge on any atom is 0.258 e. The average Bonchev–Trinajstić information content (AvgIpc) is 3.09. The van der Waals surface area contributed by atoms with Crippen LogP contribution in [0.3, 0.4) is 0 Å². The van der Waals surface area contributed by atoms with E-state index in [0.29, 0.717) is 22.8 Å². The number of rotatable bonds is 2. The number of hydrogen-bond acceptors (Lipinski definition) is 4. The number of aromatic nitrogens is 4. The van der Waals surface area contributed by atoms with Gasteiger partial charge in [0.2, 0.25) is 0 Å². The van der Waals surface area contributed by atoms with Crippen LogP contribution < -0.4 is 5.56 Å². The second kappa shape index (κ2) is 6.77. The highest BCUT2D eigenvalue weighted by Crippen LogP contribution is 2.26. The SMILES string of the molecule is Cc1cn2cc(-c3ccc4nc(C5CCN(C)CC5)cc(=O)n4c3)cc(F)c2n1. The van der Waals surface area contributed by atoms with Crippen molar-refractivity contribution < 1.29 is 4.39 Å². The van der Waals surface area contributed by atoms with Crippen LogP contribution in [0.25, 0.3) is 22.4 Å². The molecule has 5 rings (SSSR count). The van der Waals surface area contributed by atoms with Gasteiger partial charge in [0.15, 0.2) is 11.5 Å². The molecule has 1 aliphatic heterocycles. The molecule has 7 heteroatoms. The standard InChI is InChI=1S/C22H22FN5O/c1-14-11-27-12-17(9-18(23)22(27)24-14)16-3-4-20-25-19(10-21(29)28(20)13-16)15-5-7-26(2)8-6-15/h3-4,9-13,15H,5-8H2,1-2H3. The summed E-state index contributed by atoms with van der Waals surface area (Å²) in [7, 11) is 2.12. The lowest BCUT2D eigenvalue weighted by atomic mass is 9.93. The number of imidazole rings is 1. The molecule has 1 saturated heterocycles. The van der Waals surface area contributed by atoms with Crippen LogP contribution in [-0.4, -0.2) is 43.8 Å². The average molecular weight is 391 g/mol. The van der Waals surface area contributed by atoms with Crippen molar-refractivity contribution in [2.75, 3.05) is 20.1 Å². The van der Waals surface area contributed by atoms with Gasteiger partial charge in [-0.05, 0) is 58.1 Å². The molecular formula is C22H22FN5O. The molecule has 29 heavy (non-hydrogen) atoms. The number of nitrogens with zero attached hydrogens (tertiary/aromatic N) is 5. The Morgan fingerprint density at radius 3 is 2.62 bits per heavy atom. The Balaban J connectivity index is 1.56. The highest BCUT2D eigenvalue weighted by Gasteiger charge is 2.20. The van der Waals surface area contributed by atoms with Gasteiger partial charge in [-0.2, -0.15) is 0 Å². The second-order valence-electron chi connectivity index (χ2n) is 7.93. The van der Waals surface area contributed by atoms with Gasteiger partial charge in [0.25, 0.3) is 5.56 Å². The molecule has 0 radical (unpaired) electrons. The van der Waals surface area contributed by atoms with E-state index >= 15 is 0 Å². The van der Waals surface area contributed by atoms with Gasteiger partial charge < -0.3 is 9.30 Å². The van der Waals surface area contributed by atoms with Gasteiger partial charge in [-0.3, -0.25) is 9.20 Å². The van der Waals surface area contributed by atoms with Crippen molar-refractivity contribution in [2.45, 2.75) is 25.7 Å². The summed E-state index contributed by atoms with van der Waals surface area (Å²) in [5.41, 5.74) is 3.87. The van der Waals surface area contributed by atoms with Crippen molar-refractivity contribution in [2.24, 2.45) is 0 Å². The van der Waals surface area contributed by atoms with Gasteiger partial charge in [0.1, 0.15) is 5.65 Å². The van der Waals surface area contributed by atoms with Crippen molar-refractivity contribution in [3.05, 3.63) is 70.4 Å². The minimum Gasteiger partial charge on any atom is -0.306 e. The monoisotopic (exact) mass is 391 g/mol. The molecule has 1 fully saturated rings. The minimum atomic E-state index is -0.390. The molecule has 5 heterocycles. The summed E-state index contributed by atoms with van der Waals surface area (Å²) in [6, 6.07) is 6.81. The molecule has 0 bridgehead atoms. The molecule has 6 nitrogen and oxygen atoms in total. The van der Waals surface area contributed by atoms with E-state index in [2.05, 4.69) is 16.9 Å². The summed E-state index contributed by atoms with van der Waals surface area (Å²) in [5.74, 6) is -0.0663. The first kappa shape index (κ1) is 18.0. The zero-order chi connectivity index (χ0) is 20.1. The van der Waals surface area contributed by atoms with Crippen LogP contribution in [0.15, 0.2) is 47.7 Å². The van der Waals surface area contributed by atoms with Crippen molar-refractivity contribution in [1.82, 2.24) is 23.7 Å². The zero-order valence-corrected chi connectivity index (χ0v) is 16.5. The highest BCUT2D eigenvalue weighted by molar-refractivity contribution is 5.66. The Bertz CT molecular complexity index is 1280. The molecule has 0 unspecified atom stereocenters. The quantitative estimate of drug-likeness (QED) is 0.526. The van der Waals surface area contributed by atoms with Crippen LogP contribution in [0.5, 0.6) is 0 Å². The predicted octanol–water partition coefficient (Wildman–Crippen LogP) is 3.27. The molecule has 0 atom stereocenters. The summed E-state index contributed by atoms with van der Waals surface area (Å²) >= 11 is 0. The first-order valence-electron chi connectivity index (χ1n) is 9.85. The zero-order valence-electron chi connectivity index (χ0n) is 16.5. The van der Waals surface area contributed by atoms with Crippen LogP contribution in [0.1, 0.15) is 30.1 Å². The Hall–Kier alpha value is -3.06. The Morgan fingerprint density at radius 1 is 1.03 bits per heavy atom. The van der Waals surface area contributed by atoms with Gasteiger partial charge in [0.05, 0.1) is 11.4 Å². The third-order valence-electron chi connectivity index (χ3n) is 5.78. The van der Waals surface area contributed by atoms with E-state index in [0.717, 1.165) is 42.9 Å². The maximum atomic E-state index is 14.5. The normalized spacial score (nSPS) is 16.1.